The third-order valence-electron chi connectivity index (χ3n) is 3.77. The fraction of sp³-hybridized carbons (Fsp3) is 0.385. The first-order valence-electron chi connectivity index (χ1n) is 6.20. The predicted molar refractivity (Wildman–Crippen MR) is 72.1 cm³/mol. The van der Waals surface area contributed by atoms with E-state index in [1.807, 2.05) is 40.8 Å². The molecule has 1 aliphatic rings. The van der Waals surface area contributed by atoms with Gasteiger partial charge in [0.1, 0.15) is 5.54 Å². The summed E-state index contributed by atoms with van der Waals surface area (Å²) in [7, 11) is 1.93. The highest BCUT2D eigenvalue weighted by molar-refractivity contribution is 5.82. The molecule has 0 saturated carbocycles. The van der Waals surface area contributed by atoms with Gasteiger partial charge in [-0.1, -0.05) is 12.1 Å². The van der Waals surface area contributed by atoms with Crippen molar-refractivity contribution in [2.45, 2.75) is 12.0 Å². The number of aromatic nitrogens is 2. The highest BCUT2D eigenvalue weighted by Crippen LogP contribution is 2.27. The third-order valence-corrected chi connectivity index (χ3v) is 3.77. The zero-order valence-electron chi connectivity index (χ0n) is 10.7. The summed E-state index contributed by atoms with van der Waals surface area (Å²) in [4.78, 5) is 17.7. The highest BCUT2D eigenvalue weighted by atomic mass is 16.4. The fourth-order valence-electron chi connectivity index (χ4n) is 2.59. The summed E-state index contributed by atoms with van der Waals surface area (Å²) >= 11 is 0. The van der Waals surface area contributed by atoms with Gasteiger partial charge in [-0.15, -0.1) is 0 Å². The standard InChI is InChI=1S/C13H16N4O2/c1-16-10-5-3-2-4-9(10)15-12(16)17-7-6-13(14,8-17)11(18)19/h2-5H,6-8,14H2,1H3,(H,18,19). The van der Waals surface area contributed by atoms with Gasteiger partial charge in [0.2, 0.25) is 5.95 Å². The zero-order valence-corrected chi connectivity index (χ0v) is 10.7. The molecule has 0 radical (unpaired) electrons. The number of benzene rings is 1. The molecule has 0 amide bonds. The number of hydrogen-bond acceptors (Lipinski definition) is 4. The Kier molecular flexibility index (Phi) is 2.50. The van der Waals surface area contributed by atoms with Gasteiger partial charge in [0, 0.05) is 20.1 Å². The molecule has 3 N–H and O–H groups in total. The van der Waals surface area contributed by atoms with E-state index in [4.69, 9.17) is 10.8 Å². The summed E-state index contributed by atoms with van der Waals surface area (Å²) in [6, 6.07) is 7.84. The molecule has 1 aliphatic heterocycles. The van der Waals surface area contributed by atoms with Gasteiger partial charge in [0.15, 0.2) is 0 Å². The SMILES string of the molecule is Cn1c(N2CCC(N)(C(=O)O)C2)nc2ccccc21. The summed E-state index contributed by atoms with van der Waals surface area (Å²) in [6.45, 7) is 0.902. The zero-order chi connectivity index (χ0) is 13.6. The van der Waals surface area contributed by atoms with Gasteiger partial charge in [-0.3, -0.25) is 4.79 Å². The van der Waals surface area contributed by atoms with E-state index in [9.17, 15) is 4.79 Å². The van der Waals surface area contributed by atoms with Crippen LogP contribution in [-0.4, -0.2) is 39.3 Å². The van der Waals surface area contributed by atoms with Gasteiger partial charge in [-0.05, 0) is 18.6 Å². The van der Waals surface area contributed by atoms with Crippen LogP contribution in [0.3, 0.4) is 0 Å². The predicted octanol–water partition coefficient (Wildman–Crippen LogP) is 0.566. The van der Waals surface area contributed by atoms with Crippen molar-refractivity contribution in [1.82, 2.24) is 9.55 Å². The Labute approximate surface area is 110 Å². The molecule has 100 valence electrons. The summed E-state index contributed by atoms with van der Waals surface area (Å²) < 4.78 is 1.98. The number of carboxylic acid groups (broad SMARTS) is 1. The number of imidazole rings is 1. The van der Waals surface area contributed by atoms with Crippen molar-refractivity contribution in [3.63, 3.8) is 0 Å². The molecule has 2 aromatic rings. The monoisotopic (exact) mass is 260 g/mol. The maximum atomic E-state index is 11.2. The number of carbonyl (C=O) groups is 1. The molecule has 1 atom stereocenters. The van der Waals surface area contributed by atoms with E-state index < -0.39 is 11.5 Å². The van der Waals surface area contributed by atoms with Gasteiger partial charge in [0.05, 0.1) is 11.0 Å². The molecule has 1 saturated heterocycles. The van der Waals surface area contributed by atoms with Gasteiger partial charge in [-0.25, -0.2) is 4.98 Å². The number of fused-ring (bicyclic) bond motifs is 1. The first kappa shape index (κ1) is 12.0. The molecule has 0 aliphatic carbocycles. The van der Waals surface area contributed by atoms with Crippen LogP contribution in [0.4, 0.5) is 5.95 Å². The van der Waals surface area contributed by atoms with E-state index in [0.29, 0.717) is 19.5 Å². The average Bonchev–Trinajstić information content (AvgIpc) is 2.93. The lowest BCUT2D eigenvalue weighted by atomic mass is 10.0. The highest BCUT2D eigenvalue weighted by Gasteiger charge is 2.42. The number of nitrogens with two attached hydrogens (primary N) is 1. The Morgan fingerprint density at radius 2 is 2.21 bits per heavy atom. The number of nitrogens with zero attached hydrogens (tertiary/aromatic N) is 3. The van der Waals surface area contributed by atoms with E-state index in [0.717, 1.165) is 17.0 Å². The van der Waals surface area contributed by atoms with Crippen molar-refractivity contribution in [2.75, 3.05) is 18.0 Å². The lowest BCUT2D eigenvalue weighted by molar-refractivity contribution is -0.142. The van der Waals surface area contributed by atoms with E-state index >= 15 is 0 Å². The van der Waals surface area contributed by atoms with E-state index in [2.05, 4.69) is 4.98 Å². The first-order valence-corrected chi connectivity index (χ1v) is 6.20. The normalized spacial score (nSPS) is 23.2. The van der Waals surface area contributed by atoms with Crippen molar-refractivity contribution < 1.29 is 9.90 Å². The summed E-state index contributed by atoms with van der Waals surface area (Å²) in [5.74, 6) is -0.177. The van der Waals surface area contributed by atoms with Crippen LogP contribution in [0, 0.1) is 0 Å². The average molecular weight is 260 g/mol. The number of rotatable bonds is 2. The van der Waals surface area contributed by atoms with E-state index in [1.165, 1.54) is 0 Å². The number of para-hydroxylation sites is 2. The quantitative estimate of drug-likeness (QED) is 0.824. The van der Waals surface area contributed by atoms with Crippen molar-refractivity contribution in [2.24, 2.45) is 12.8 Å². The summed E-state index contributed by atoms with van der Waals surface area (Å²) in [5, 5.41) is 9.17. The Bertz CT molecular complexity index is 651. The molecule has 1 aromatic heterocycles. The van der Waals surface area contributed by atoms with Gasteiger partial charge >= 0.3 is 5.97 Å². The largest absolute Gasteiger partial charge is 0.480 e. The molecule has 3 rings (SSSR count). The second-order valence-corrected chi connectivity index (χ2v) is 5.09. The Morgan fingerprint density at radius 1 is 1.47 bits per heavy atom. The van der Waals surface area contributed by atoms with E-state index in [1.54, 1.807) is 0 Å². The second-order valence-electron chi connectivity index (χ2n) is 5.09. The lowest BCUT2D eigenvalue weighted by Crippen LogP contribution is -2.50. The van der Waals surface area contributed by atoms with Crippen LogP contribution in [0.25, 0.3) is 11.0 Å². The Balaban J connectivity index is 1.98. The molecule has 6 nitrogen and oxygen atoms in total. The molecule has 0 bridgehead atoms. The van der Waals surface area contributed by atoms with Crippen molar-refractivity contribution in [3.8, 4) is 0 Å². The maximum absolute atomic E-state index is 11.2. The maximum Gasteiger partial charge on any atom is 0.325 e. The Morgan fingerprint density at radius 3 is 2.84 bits per heavy atom. The first-order chi connectivity index (χ1) is 9.01. The molecule has 1 unspecified atom stereocenters. The van der Waals surface area contributed by atoms with Crippen LogP contribution in [0.15, 0.2) is 24.3 Å². The molecular formula is C13H16N4O2. The number of anilines is 1. The van der Waals surface area contributed by atoms with Crippen molar-refractivity contribution >= 4 is 23.0 Å². The topological polar surface area (TPSA) is 84.4 Å². The third kappa shape index (κ3) is 1.76. The van der Waals surface area contributed by atoms with Crippen LogP contribution in [-0.2, 0) is 11.8 Å². The van der Waals surface area contributed by atoms with E-state index in [-0.39, 0.29) is 0 Å². The minimum absolute atomic E-state index is 0.291. The van der Waals surface area contributed by atoms with Crippen LogP contribution in [0.1, 0.15) is 6.42 Å². The molecule has 6 heteroatoms. The van der Waals surface area contributed by atoms with Gasteiger partial charge in [0.25, 0.3) is 0 Å². The fourth-order valence-corrected chi connectivity index (χ4v) is 2.59. The van der Waals surface area contributed by atoms with Gasteiger partial charge in [-0.2, -0.15) is 0 Å². The van der Waals surface area contributed by atoms with Gasteiger partial charge < -0.3 is 20.3 Å². The smallest absolute Gasteiger partial charge is 0.325 e. The minimum atomic E-state index is -1.17. The molecular weight excluding hydrogens is 244 g/mol. The number of aryl methyl sites for hydroxylation is 1. The second kappa shape index (κ2) is 3.96. The molecule has 2 heterocycles. The van der Waals surface area contributed by atoms with Crippen molar-refractivity contribution in [1.29, 1.82) is 0 Å². The number of aliphatic carboxylic acids is 1. The Hall–Kier alpha value is -2.08. The summed E-state index contributed by atoms with van der Waals surface area (Å²) in [5.41, 5.74) is 6.66. The van der Waals surface area contributed by atoms with Crippen LogP contribution < -0.4 is 10.6 Å². The number of hydrogen-bond donors (Lipinski definition) is 2. The molecule has 0 spiro atoms. The van der Waals surface area contributed by atoms with Crippen LogP contribution >= 0.6 is 0 Å². The van der Waals surface area contributed by atoms with Crippen LogP contribution in [0.2, 0.25) is 0 Å². The summed E-state index contributed by atoms with van der Waals surface area (Å²) in [6.07, 6.45) is 0.436. The van der Waals surface area contributed by atoms with Crippen molar-refractivity contribution in [3.05, 3.63) is 24.3 Å². The van der Waals surface area contributed by atoms with Crippen LogP contribution in [0.5, 0.6) is 0 Å². The molecule has 1 fully saturated rings. The number of carboxylic acids is 1. The lowest BCUT2D eigenvalue weighted by Gasteiger charge is -2.20. The molecule has 19 heavy (non-hydrogen) atoms. The minimum Gasteiger partial charge on any atom is -0.480 e. The molecule has 1 aromatic carbocycles.